The number of nitrogens with zero attached hydrogens (tertiary/aromatic N) is 2. The molecule has 2 rings (SSSR count). The van der Waals surface area contributed by atoms with E-state index in [0.717, 1.165) is 5.82 Å². The van der Waals surface area contributed by atoms with Crippen LogP contribution >= 0.6 is 0 Å². The number of rotatable bonds is 3. The minimum absolute atomic E-state index is 0.181. The molecule has 0 amide bonds. The molecular formula is C11H14N2O3. The average Bonchev–Trinajstić information content (AvgIpc) is 2.25. The maximum absolute atomic E-state index is 11.1. The van der Waals surface area contributed by atoms with Crippen LogP contribution in [0.5, 0.6) is 0 Å². The lowest BCUT2D eigenvalue weighted by atomic mass is 10.1. The summed E-state index contributed by atoms with van der Waals surface area (Å²) in [6.45, 7) is 1.21. The number of β-amino-alcohol motifs (C(OH)–C–C–N with tert-alkyl or cyclic N) is 1. The molecule has 0 aromatic carbocycles. The molecule has 0 aliphatic carbocycles. The number of aliphatic hydroxyl groups is 1. The molecule has 1 aliphatic heterocycles. The molecule has 5 heteroatoms. The summed E-state index contributed by atoms with van der Waals surface area (Å²) < 4.78 is 4.58. The number of esters is 1. The van der Waals surface area contributed by atoms with Gasteiger partial charge in [0.25, 0.3) is 0 Å². The average molecular weight is 222 g/mol. The van der Waals surface area contributed by atoms with E-state index in [1.165, 1.54) is 7.11 Å². The van der Waals surface area contributed by atoms with Crippen LogP contribution in [0.1, 0.15) is 5.69 Å². The molecule has 2 heterocycles. The first kappa shape index (κ1) is 10.9. The molecular weight excluding hydrogens is 208 g/mol. The van der Waals surface area contributed by atoms with Crippen molar-refractivity contribution in [2.24, 2.45) is 0 Å². The van der Waals surface area contributed by atoms with Crippen molar-refractivity contribution in [1.82, 2.24) is 4.98 Å². The molecule has 16 heavy (non-hydrogen) atoms. The van der Waals surface area contributed by atoms with Gasteiger partial charge in [-0.2, -0.15) is 0 Å². The topological polar surface area (TPSA) is 62.7 Å². The molecule has 0 atom stereocenters. The monoisotopic (exact) mass is 222 g/mol. The van der Waals surface area contributed by atoms with Crippen LogP contribution in [0.4, 0.5) is 5.82 Å². The zero-order chi connectivity index (χ0) is 11.5. The van der Waals surface area contributed by atoms with Gasteiger partial charge in [-0.1, -0.05) is 6.07 Å². The number of ether oxygens (including phenoxy) is 1. The van der Waals surface area contributed by atoms with Gasteiger partial charge in [-0.3, -0.25) is 4.79 Å². The summed E-state index contributed by atoms with van der Waals surface area (Å²) in [7, 11) is 1.36. The lowest BCUT2D eigenvalue weighted by Crippen LogP contribution is -2.51. The number of carbonyl (C=O) groups excluding carboxylic acids is 1. The molecule has 1 fully saturated rings. The highest BCUT2D eigenvalue weighted by atomic mass is 16.5. The first-order valence-electron chi connectivity index (χ1n) is 5.15. The highest BCUT2D eigenvalue weighted by Crippen LogP contribution is 2.18. The Morgan fingerprint density at radius 1 is 1.62 bits per heavy atom. The van der Waals surface area contributed by atoms with E-state index < -0.39 is 0 Å². The van der Waals surface area contributed by atoms with E-state index in [1.54, 1.807) is 6.07 Å². The number of carbonyl (C=O) groups is 1. The molecule has 0 bridgehead atoms. The SMILES string of the molecule is COC(=O)Cc1cccc(N2CC(O)C2)n1. The number of methoxy groups -OCH3 is 1. The molecule has 0 saturated carbocycles. The van der Waals surface area contributed by atoms with Gasteiger partial charge < -0.3 is 14.7 Å². The fraction of sp³-hybridized carbons (Fsp3) is 0.455. The first-order chi connectivity index (χ1) is 7.69. The van der Waals surface area contributed by atoms with Crippen molar-refractivity contribution in [3.8, 4) is 0 Å². The van der Waals surface area contributed by atoms with Crippen molar-refractivity contribution in [3.63, 3.8) is 0 Å². The molecule has 86 valence electrons. The normalized spacial score (nSPS) is 15.8. The zero-order valence-electron chi connectivity index (χ0n) is 9.09. The number of pyridine rings is 1. The van der Waals surface area contributed by atoms with Crippen LogP contribution in [0.2, 0.25) is 0 Å². The van der Waals surface area contributed by atoms with Gasteiger partial charge >= 0.3 is 5.97 Å². The third-order valence-electron chi connectivity index (χ3n) is 2.53. The van der Waals surface area contributed by atoms with Crippen LogP contribution in [0, 0.1) is 0 Å². The highest BCUT2D eigenvalue weighted by molar-refractivity contribution is 5.71. The number of hydrogen-bond donors (Lipinski definition) is 1. The van der Waals surface area contributed by atoms with Crippen LogP contribution in [0.3, 0.4) is 0 Å². The Balaban J connectivity index is 2.05. The van der Waals surface area contributed by atoms with Crippen LogP contribution in [0.25, 0.3) is 0 Å². The van der Waals surface area contributed by atoms with E-state index in [4.69, 9.17) is 0 Å². The molecule has 0 radical (unpaired) electrons. The zero-order valence-corrected chi connectivity index (χ0v) is 9.09. The van der Waals surface area contributed by atoms with Gasteiger partial charge in [0, 0.05) is 13.1 Å². The Kier molecular flexibility index (Phi) is 3.05. The lowest BCUT2D eigenvalue weighted by molar-refractivity contribution is -0.139. The van der Waals surface area contributed by atoms with E-state index in [0.29, 0.717) is 18.8 Å². The summed E-state index contributed by atoms with van der Waals surface area (Å²) in [4.78, 5) is 17.4. The minimum atomic E-state index is -0.298. The molecule has 0 unspecified atom stereocenters. The van der Waals surface area contributed by atoms with Crippen LogP contribution < -0.4 is 4.90 Å². The number of hydrogen-bond acceptors (Lipinski definition) is 5. The van der Waals surface area contributed by atoms with Crippen molar-refractivity contribution < 1.29 is 14.6 Å². The maximum Gasteiger partial charge on any atom is 0.311 e. The van der Waals surface area contributed by atoms with Crippen molar-refractivity contribution in [1.29, 1.82) is 0 Å². The van der Waals surface area contributed by atoms with E-state index in [1.807, 2.05) is 17.0 Å². The molecule has 0 spiro atoms. The highest BCUT2D eigenvalue weighted by Gasteiger charge is 2.25. The molecule has 5 nitrogen and oxygen atoms in total. The number of aliphatic hydroxyl groups excluding tert-OH is 1. The Hall–Kier alpha value is -1.62. The summed E-state index contributed by atoms with van der Waals surface area (Å²) in [5.74, 6) is 0.500. The van der Waals surface area contributed by atoms with Gasteiger partial charge in [0.1, 0.15) is 5.82 Å². The molecule has 1 aliphatic rings. The summed E-state index contributed by atoms with van der Waals surface area (Å²) in [6.07, 6.45) is -0.0770. The van der Waals surface area contributed by atoms with Crippen molar-refractivity contribution in [2.75, 3.05) is 25.1 Å². The lowest BCUT2D eigenvalue weighted by Gasteiger charge is -2.36. The fourth-order valence-corrected chi connectivity index (χ4v) is 1.60. The predicted molar refractivity (Wildman–Crippen MR) is 58.2 cm³/mol. The summed E-state index contributed by atoms with van der Waals surface area (Å²) in [5, 5.41) is 9.19. The van der Waals surface area contributed by atoms with E-state index >= 15 is 0 Å². The smallest absolute Gasteiger partial charge is 0.311 e. The van der Waals surface area contributed by atoms with Gasteiger partial charge in [-0.05, 0) is 12.1 Å². The first-order valence-corrected chi connectivity index (χ1v) is 5.15. The van der Waals surface area contributed by atoms with Crippen molar-refractivity contribution >= 4 is 11.8 Å². The Morgan fingerprint density at radius 2 is 2.38 bits per heavy atom. The second kappa shape index (κ2) is 4.49. The molecule has 1 N–H and O–H groups in total. The third-order valence-corrected chi connectivity index (χ3v) is 2.53. The molecule has 1 aromatic rings. The third kappa shape index (κ3) is 2.30. The second-order valence-corrected chi connectivity index (χ2v) is 3.80. The Labute approximate surface area is 93.7 Å². The molecule has 1 saturated heterocycles. The standard InChI is InChI=1S/C11H14N2O3/c1-16-11(15)5-8-3-2-4-10(12-8)13-6-9(14)7-13/h2-4,9,14H,5-7H2,1H3. The quantitative estimate of drug-likeness (QED) is 0.728. The Bertz CT molecular complexity index is 389. The van der Waals surface area contributed by atoms with E-state index in [-0.39, 0.29) is 18.5 Å². The summed E-state index contributed by atoms with van der Waals surface area (Å²) in [6, 6.07) is 5.51. The fourth-order valence-electron chi connectivity index (χ4n) is 1.60. The van der Waals surface area contributed by atoms with Gasteiger partial charge in [-0.15, -0.1) is 0 Å². The van der Waals surface area contributed by atoms with Gasteiger partial charge in [0.2, 0.25) is 0 Å². The Morgan fingerprint density at radius 3 is 3.00 bits per heavy atom. The summed E-state index contributed by atoms with van der Waals surface area (Å²) in [5.41, 5.74) is 0.686. The largest absolute Gasteiger partial charge is 0.469 e. The van der Waals surface area contributed by atoms with Crippen molar-refractivity contribution in [2.45, 2.75) is 12.5 Å². The van der Waals surface area contributed by atoms with Crippen LogP contribution in [-0.4, -0.2) is 42.4 Å². The number of anilines is 1. The van der Waals surface area contributed by atoms with E-state index in [2.05, 4.69) is 9.72 Å². The molecule has 1 aromatic heterocycles. The van der Waals surface area contributed by atoms with Gasteiger partial charge in [-0.25, -0.2) is 4.98 Å². The predicted octanol–water partition coefficient (Wildman–Crippen LogP) is -0.0220. The van der Waals surface area contributed by atoms with Gasteiger partial charge in [0.05, 0.1) is 25.3 Å². The van der Waals surface area contributed by atoms with Gasteiger partial charge in [0.15, 0.2) is 0 Å². The minimum Gasteiger partial charge on any atom is -0.469 e. The van der Waals surface area contributed by atoms with Crippen LogP contribution in [0.15, 0.2) is 18.2 Å². The number of aromatic nitrogens is 1. The second-order valence-electron chi connectivity index (χ2n) is 3.80. The van der Waals surface area contributed by atoms with Crippen LogP contribution in [-0.2, 0) is 16.0 Å². The van der Waals surface area contributed by atoms with E-state index in [9.17, 15) is 9.90 Å². The summed E-state index contributed by atoms with van der Waals surface area (Å²) >= 11 is 0. The van der Waals surface area contributed by atoms with Crippen molar-refractivity contribution in [3.05, 3.63) is 23.9 Å². The maximum atomic E-state index is 11.1.